The highest BCUT2D eigenvalue weighted by molar-refractivity contribution is 7.89. The van der Waals surface area contributed by atoms with Gasteiger partial charge in [0, 0.05) is 24.7 Å². The molecule has 1 saturated heterocycles. The van der Waals surface area contributed by atoms with Crippen molar-refractivity contribution in [1.82, 2.24) is 4.31 Å². The van der Waals surface area contributed by atoms with Gasteiger partial charge in [0.2, 0.25) is 10.0 Å². The van der Waals surface area contributed by atoms with E-state index in [1.807, 2.05) is 42.5 Å². The molecular weight excluding hydrogens is 420 g/mol. The first-order valence-electron chi connectivity index (χ1n) is 9.60. The van der Waals surface area contributed by atoms with Gasteiger partial charge in [-0.3, -0.25) is 15.5 Å². The lowest BCUT2D eigenvalue weighted by molar-refractivity contribution is -0.384. The maximum absolute atomic E-state index is 12.8. The van der Waals surface area contributed by atoms with E-state index >= 15 is 0 Å². The van der Waals surface area contributed by atoms with Gasteiger partial charge in [-0.2, -0.15) is 9.41 Å². The monoisotopic (exact) mass is 440 g/mol. The summed E-state index contributed by atoms with van der Waals surface area (Å²) in [5, 5.41) is 17.7. The van der Waals surface area contributed by atoms with Crippen LogP contribution in [0, 0.1) is 10.1 Å². The highest BCUT2D eigenvalue weighted by Gasteiger charge is 2.28. The van der Waals surface area contributed by atoms with Crippen LogP contribution in [0.5, 0.6) is 0 Å². The molecule has 0 spiro atoms. The molecule has 1 aliphatic heterocycles. The fourth-order valence-electron chi connectivity index (χ4n) is 3.39. The molecule has 0 aliphatic carbocycles. The first kappa shape index (κ1) is 20.9. The van der Waals surface area contributed by atoms with E-state index in [1.165, 1.54) is 16.4 Å². The summed E-state index contributed by atoms with van der Waals surface area (Å²) in [5.41, 5.74) is 3.24. The number of hydrogen-bond donors (Lipinski definition) is 1. The largest absolute Gasteiger partial charge is 0.379 e. The molecule has 0 atom stereocenters. The standard InChI is InChI=1S/C21H20N4O5S/c26-25(27)21-14-18(31(28,29)24-10-12-30-13-11-24)8-9-20(21)23-22-15-17-6-3-5-16-4-1-2-7-19(16)17/h1-9,14-15,23H,10-13H2. The number of nitrogens with one attached hydrogen (secondary N) is 1. The molecule has 0 radical (unpaired) electrons. The zero-order valence-corrected chi connectivity index (χ0v) is 17.3. The first-order valence-corrected chi connectivity index (χ1v) is 11.0. The number of morpholine rings is 1. The summed E-state index contributed by atoms with van der Waals surface area (Å²) < 4.78 is 32.0. The van der Waals surface area contributed by atoms with Crippen molar-refractivity contribution in [3.05, 3.63) is 76.3 Å². The van der Waals surface area contributed by atoms with Gasteiger partial charge in [0.05, 0.1) is 29.2 Å². The minimum atomic E-state index is -3.84. The van der Waals surface area contributed by atoms with Gasteiger partial charge in [-0.05, 0) is 22.9 Å². The van der Waals surface area contributed by atoms with Crippen molar-refractivity contribution in [2.75, 3.05) is 31.7 Å². The Kier molecular flexibility index (Phi) is 5.94. The molecule has 0 bridgehead atoms. The Balaban J connectivity index is 1.60. The van der Waals surface area contributed by atoms with Crippen molar-refractivity contribution in [3.8, 4) is 0 Å². The van der Waals surface area contributed by atoms with Crippen LogP contribution in [-0.4, -0.2) is 50.2 Å². The number of hydrogen-bond acceptors (Lipinski definition) is 7. The molecule has 10 heteroatoms. The van der Waals surface area contributed by atoms with E-state index < -0.39 is 14.9 Å². The number of ether oxygens (including phenoxy) is 1. The van der Waals surface area contributed by atoms with Crippen LogP contribution in [0.2, 0.25) is 0 Å². The van der Waals surface area contributed by atoms with Crippen molar-refractivity contribution in [1.29, 1.82) is 0 Å². The second kappa shape index (κ2) is 8.80. The zero-order valence-electron chi connectivity index (χ0n) is 16.5. The molecule has 0 unspecified atom stereocenters. The predicted octanol–water partition coefficient (Wildman–Crippen LogP) is 3.21. The Morgan fingerprint density at radius 3 is 2.58 bits per heavy atom. The third-order valence-electron chi connectivity index (χ3n) is 4.99. The van der Waals surface area contributed by atoms with Gasteiger partial charge in [0.1, 0.15) is 5.69 Å². The maximum atomic E-state index is 12.8. The van der Waals surface area contributed by atoms with Crippen molar-refractivity contribution >= 4 is 38.4 Å². The van der Waals surface area contributed by atoms with Crippen molar-refractivity contribution in [2.24, 2.45) is 5.10 Å². The number of anilines is 1. The third-order valence-corrected chi connectivity index (χ3v) is 6.88. The van der Waals surface area contributed by atoms with Crippen LogP contribution in [-0.2, 0) is 14.8 Å². The lowest BCUT2D eigenvalue weighted by Gasteiger charge is -2.26. The van der Waals surface area contributed by atoms with E-state index in [9.17, 15) is 18.5 Å². The number of nitro benzene ring substituents is 1. The molecule has 4 rings (SSSR count). The molecular formula is C21H20N4O5S. The summed E-state index contributed by atoms with van der Waals surface area (Å²) in [7, 11) is -3.84. The normalized spacial score (nSPS) is 15.4. The molecule has 9 nitrogen and oxygen atoms in total. The van der Waals surface area contributed by atoms with Crippen molar-refractivity contribution in [2.45, 2.75) is 4.90 Å². The Hall–Kier alpha value is -3.34. The Bertz CT molecular complexity index is 1250. The second-order valence-electron chi connectivity index (χ2n) is 6.89. The number of hydrazone groups is 1. The summed E-state index contributed by atoms with van der Waals surface area (Å²) in [5.74, 6) is 0. The summed E-state index contributed by atoms with van der Waals surface area (Å²) >= 11 is 0. The van der Waals surface area contributed by atoms with Gasteiger partial charge >= 0.3 is 0 Å². The lowest BCUT2D eigenvalue weighted by atomic mass is 10.1. The van der Waals surface area contributed by atoms with Gasteiger partial charge in [-0.15, -0.1) is 0 Å². The van der Waals surface area contributed by atoms with Crippen LogP contribution in [0.3, 0.4) is 0 Å². The zero-order chi connectivity index (χ0) is 21.8. The highest BCUT2D eigenvalue weighted by atomic mass is 32.2. The Morgan fingerprint density at radius 2 is 1.81 bits per heavy atom. The lowest BCUT2D eigenvalue weighted by Crippen LogP contribution is -2.40. The summed E-state index contributed by atoms with van der Waals surface area (Å²) in [6.45, 7) is 1.02. The number of fused-ring (bicyclic) bond motifs is 1. The topological polar surface area (TPSA) is 114 Å². The molecule has 1 aliphatic rings. The Morgan fingerprint density at radius 1 is 1.06 bits per heavy atom. The molecule has 3 aromatic carbocycles. The van der Waals surface area contributed by atoms with Crippen LogP contribution in [0.15, 0.2) is 70.7 Å². The van der Waals surface area contributed by atoms with E-state index in [0.29, 0.717) is 13.2 Å². The smallest absolute Gasteiger partial charge is 0.295 e. The second-order valence-corrected chi connectivity index (χ2v) is 8.83. The van der Waals surface area contributed by atoms with E-state index in [0.717, 1.165) is 22.4 Å². The first-order chi connectivity index (χ1) is 15.0. The van der Waals surface area contributed by atoms with Crippen LogP contribution in [0.1, 0.15) is 5.56 Å². The summed E-state index contributed by atoms with van der Waals surface area (Å²) in [4.78, 5) is 10.8. The minimum Gasteiger partial charge on any atom is -0.379 e. The Labute approximate surface area is 179 Å². The summed E-state index contributed by atoms with van der Waals surface area (Å²) in [6.07, 6.45) is 1.57. The molecule has 31 heavy (non-hydrogen) atoms. The number of benzene rings is 3. The fourth-order valence-corrected chi connectivity index (χ4v) is 4.82. The van der Waals surface area contributed by atoms with E-state index in [1.54, 1.807) is 6.21 Å². The van der Waals surface area contributed by atoms with Gasteiger partial charge in [-0.25, -0.2) is 8.42 Å². The van der Waals surface area contributed by atoms with Crippen molar-refractivity contribution < 1.29 is 18.1 Å². The maximum Gasteiger partial charge on any atom is 0.295 e. The molecule has 1 fully saturated rings. The van der Waals surface area contributed by atoms with Gasteiger partial charge < -0.3 is 4.74 Å². The molecule has 0 saturated carbocycles. The van der Waals surface area contributed by atoms with Crippen LogP contribution in [0.25, 0.3) is 10.8 Å². The number of sulfonamides is 1. The molecule has 160 valence electrons. The van der Waals surface area contributed by atoms with Gasteiger partial charge in [0.15, 0.2) is 0 Å². The number of nitro groups is 1. The summed E-state index contributed by atoms with van der Waals surface area (Å²) in [6, 6.07) is 17.3. The van der Waals surface area contributed by atoms with E-state index in [-0.39, 0.29) is 29.4 Å². The van der Waals surface area contributed by atoms with E-state index in [4.69, 9.17) is 4.74 Å². The van der Waals surface area contributed by atoms with E-state index in [2.05, 4.69) is 10.5 Å². The molecule has 3 aromatic rings. The fraction of sp³-hybridized carbons (Fsp3) is 0.190. The molecule has 0 amide bonds. The predicted molar refractivity (Wildman–Crippen MR) is 118 cm³/mol. The average Bonchev–Trinajstić information content (AvgIpc) is 2.80. The minimum absolute atomic E-state index is 0.0995. The molecule has 0 aromatic heterocycles. The van der Waals surface area contributed by atoms with Crippen LogP contribution in [0.4, 0.5) is 11.4 Å². The average molecular weight is 440 g/mol. The molecule has 1 heterocycles. The SMILES string of the molecule is O=[N+]([O-])c1cc(S(=O)(=O)N2CCOCC2)ccc1NN=Cc1cccc2ccccc12. The van der Waals surface area contributed by atoms with Gasteiger partial charge in [0.25, 0.3) is 5.69 Å². The quantitative estimate of drug-likeness (QED) is 0.358. The van der Waals surface area contributed by atoms with Crippen molar-refractivity contribution in [3.63, 3.8) is 0 Å². The van der Waals surface area contributed by atoms with Crippen LogP contribution >= 0.6 is 0 Å². The van der Waals surface area contributed by atoms with Crippen LogP contribution < -0.4 is 5.43 Å². The number of rotatable bonds is 6. The highest BCUT2D eigenvalue weighted by Crippen LogP contribution is 2.29. The molecule has 1 N–H and O–H groups in total. The third kappa shape index (κ3) is 4.41. The van der Waals surface area contributed by atoms with Gasteiger partial charge in [-0.1, -0.05) is 42.5 Å². The number of nitrogens with zero attached hydrogens (tertiary/aromatic N) is 3.